The van der Waals surface area contributed by atoms with E-state index in [0.29, 0.717) is 51.1 Å². The van der Waals surface area contributed by atoms with E-state index in [2.05, 4.69) is 0 Å². The minimum absolute atomic E-state index is 0.0675. The summed E-state index contributed by atoms with van der Waals surface area (Å²) in [7, 11) is 0. The van der Waals surface area contributed by atoms with Crippen LogP contribution < -0.4 is 4.90 Å². The quantitative estimate of drug-likeness (QED) is 0.600. The second-order valence-electron chi connectivity index (χ2n) is 11.4. The predicted octanol–water partition coefficient (Wildman–Crippen LogP) is 4.53. The Hall–Kier alpha value is -2.36. The van der Waals surface area contributed by atoms with E-state index in [1.54, 1.807) is 9.80 Å². The van der Waals surface area contributed by atoms with Crippen LogP contribution in [0, 0.1) is 5.92 Å². The molecular weight excluding hydrogens is 478 g/mol. The number of benzene rings is 1. The van der Waals surface area contributed by atoms with Crippen LogP contribution in [0.4, 0.5) is 23.2 Å². The van der Waals surface area contributed by atoms with Gasteiger partial charge < -0.3 is 14.9 Å². The summed E-state index contributed by atoms with van der Waals surface area (Å²) in [4.78, 5) is 29.8. The first-order chi connectivity index (χ1) is 16.7. The Morgan fingerprint density at radius 1 is 1.03 bits per heavy atom. The topological polar surface area (TPSA) is 64.1 Å². The first kappa shape index (κ1) is 26.7. The minimum atomic E-state index is -4.51. The van der Waals surface area contributed by atoms with Crippen molar-refractivity contribution in [1.82, 2.24) is 9.80 Å². The molecule has 0 saturated carbocycles. The van der Waals surface area contributed by atoms with Crippen molar-refractivity contribution in [2.45, 2.75) is 69.8 Å². The van der Waals surface area contributed by atoms with E-state index in [0.717, 1.165) is 17.7 Å². The fraction of sp³-hybridized carbons (Fsp3) is 0.692. The van der Waals surface area contributed by atoms with Crippen molar-refractivity contribution < 1.29 is 32.3 Å². The molecule has 3 saturated heterocycles. The van der Waals surface area contributed by atoms with Crippen molar-refractivity contribution in [3.8, 4) is 0 Å². The average molecular weight is 514 g/mol. The third-order valence-corrected chi connectivity index (χ3v) is 8.01. The number of likely N-dealkylation sites (tertiary alicyclic amines) is 2. The number of carboxylic acid groups (broad SMARTS) is 1. The molecule has 0 spiro atoms. The van der Waals surface area contributed by atoms with Crippen molar-refractivity contribution in [3.05, 3.63) is 29.3 Å². The number of carbonyl (C=O) groups excluding carboxylic acids is 1. The maximum Gasteiger partial charge on any atom is 0.416 e. The van der Waals surface area contributed by atoms with Crippen molar-refractivity contribution >= 4 is 17.6 Å². The first-order valence-electron chi connectivity index (χ1n) is 12.6. The number of halogens is 4. The van der Waals surface area contributed by atoms with E-state index >= 15 is 4.39 Å². The van der Waals surface area contributed by atoms with E-state index in [4.69, 9.17) is 0 Å². The number of hydrogen-bond acceptors (Lipinski definition) is 4. The van der Waals surface area contributed by atoms with Gasteiger partial charge in [0.05, 0.1) is 11.5 Å². The van der Waals surface area contributed by atoms with Crippen LogP contribution in [0.2, 0.25) is 0 Å². The standard InChI is InChI=1S/C26H35F4N3O3/c1-24(2,3)33-13-9-25(27,16-33)23(36)31-10-6-17(7-11-31)20-5-4-19(26(28,29)30)14-21(20)32-12-8-18(15-32)22(34)35/h4-5,14,17-18H,6-13,15-16H2,1-3H3,(H,34,35)/t18?,25-/m1/s1. The summed E-state index contributed by atoms with van der Waals surface area (Å²) in [6.45, 7) is 7.78. The summed E-state index contributed by atoms with van der Waals surface area (Å²) in [6.07, 6.45) is -2.95. The smallest absolute Gasteiger partial charge is 0.416 e. The lowest BCUT2D eigenvalue weighted by molar-refractivity contribution is -0.144. The number of piperidine rings is 1. The van der Waals surface area contributed by atoms with Gasteiger partial charge >= 0.3 is 12.1 Å². The summed E-state index contributed by atoms with van der Waals surface area (Å²) in [6, 6.07) is 3.67. The van der Waals surface area contributed by atoms with Crippen LogP contribution in [-0.4, -0.2) is 77.3 Å². The van der Waals surface area contributed by atoms with Gasteiger partial charge in [-0.2, -0.15) is 13.2 Å². The van der Waals surface area contributed by atoms with E-state index in [1.807, 2.05) is 25.7 Å². The third-order valence-electron chi connectivity index (χ3n) is 8.01. The highest BCUT2D eigenvalue weighted by Gasteiger charge is 2.50. The molecule has 36 heavy (non-hydrogen) atoms. The second kappa shape index (κ2) is 9.50. The lowest BCUT2D eigenvalue weighted by Gasteiger charge is -2.37. The average Bonchev–Trinajstić information content (AvgIpc) is 3.46. The van der Waals surface area contributed by atoms with E-state index in [9.17, 15) is 27.9 Å². The Kier molecular flexibility index (Phi) is 7.05. The van der Waals surface area contributed by atoms with Gasteiger partial charge in [-0.1, -0.05) is 6.07 Å². The highest BCUT2D eigenvalue weighted by atomic mass is 19.4. The van der Waals surface area contributed by atoms with Gasteiger partial charge in [-0.05, 0) is 63.6 Å². The normalized spacial score (nSPS) is 26.6. The number of rotatable bonds is 4. The Bertz CT molecular complexity index is 1000. The minimum Gasteiger partial charge on any atom is -0.481 e. The van der Waals surface area contributed by atoms with Crippen molar-refractivity contribution in [2.24, 2.45) is 5.92 Å². The zero-order valence-corrected chi connectivity index (χ0v) is 21.1. The fourth-order valence-electron chi connectivity index (χ4n) is 5.72. The monoisotopic (exact) mass is 513 g/mol. The highest BCUT2D eigenvalue weighted by molar-refractivity contribution is 5.86. The fourth-order valence-corrected chi connectivity index (χ4v) is 5.72. The van der Waals surface area contributed by atoms with Crippen LogP contribution in [0.5, 0.6) is 0 Å². The summed E-state index contributed by atoms with van der Waals surface area (Å²) in [5.74, 6) is -2.16. The molecule has 1 aromatic carbocycles. The van der Waals surface area contributed by atoms with Crippen molar-refractivity contribution in [2.75, 3.05) is 44.2 Å². The Morgan fingerprint density at radius 3 is 2.22 bits per heavy atom. The zero-order chi connectivity index (χ0) is 26.5. The number of hydrogen-bond donors (Lipinski definition) is 1. The van der Waals surface area contributed by atoms with Crippen LogP contribution >= 0.6 is 0 Å². The van der Waals surface area contributed by atoms with Gasteiger partial charge in [0.25, 0.3) is 5.91 Å². The molecule has 200 valence electrons. The van der Waals surface area contributed by atoms with Gasteiger partial charge in [0.15, 0.2) is 0 Å². The van der Waals surface area contributed by atoms with Gasteiger partial charge in [0.2, 0.25) is 5.67 Å². The Balaban J connectivity index is 1.49. The third kappa shape index (κ3) is 5.33. The zero-order valence-electron chi connectivity index (χ0n) is 21.1. The van der Waals surface area contributed by atoms with E-state index < -0.39 is 35.2 Å². The molecule has 4 rings (SSSR count). The number of nitrogens with zero attached hydrogens (tertiary/aromatic N) is 3. The molecule has 6 nitrogen and oxygen atoms in total. The SMILES string of the molecule is CC(C)(C)N1CC[C@](F)(C(=O)N2CCC(c3ccc(C(F)(F)F)cc3N3CCC(C(=O)O)C3)CC2)C1. The molecule has 0 aliphatic carbocycles. The molecule has 3 heterocycles. The maximum absolute atomic E-state index is 15.6. The molecule has 2 atom stereocenters. The van der Waals surface area contributed by atoms with Crippen molar-refractivity contribution in [3.63, 3.8) is 0 Å². The molecule has 10 heteroatoms. The van der Waals surface area contributed by atoms with Gasteiger partial charge in [-0.15, -0.1) is 0 Å². The first-order valence-corrected chi connectivity index (χ1v) is 12.6. The van der Waals surface area contributed by atoms with E-state index in [1.165, 1.54) is 6.07 Å². The summed E-state index contributed by atoms with van der Waals surface area (Å²) < 4.78 is 56.0. The number of alkyl halides is 4. The highest BCUT2D eigenvalue weighted by Crippen LogP contribution is 2.41. The van der Waals surface area contributed by atoms with Crippen LogP contribution in [0.1, 0.15) is 63.5 Å². The lowest BCUT2D eigenvalue weighted by atomic mass is 9.86. The van der Waals surface area contributed by atoms with Crippen LogP contribution in [-0.2, 0) is 15.8 Å². The Morgan fingerprint density at radius 2 is 1.69 bits per heavy atom. The molecule has 0 radical (unpaired) electrons. The van der Waals surface area contributed by atoms with Crippen molar-refractivity contribution in [1.29, 1.82) is 0 Å². The molecule has 1 aromatic rings. The van der Waals surface area contributed by atoms with Gasteiger partial charge in [0, 0.05) is 56.9 Å². The largest absolute Gasteiger partial charge is 0.481 e. The molecule has 3 aliphatic rings. The molecule has 0 aromatic heterocycles. The van der Waals surface area contributed by atoms with Crippen LogP contribution in [0.15, 0.2) is 18.2 Å². The second-order valence-corrected chi connectivity index (χ2v) is 11.4. The number of carbonyl (C=O) groups is 2. The Labute approximate surface area is 209 Å². The van der Waals surface area contributed by atoms with E-state index in [-0.39, 0.29) is 31.0 Å². The van der Waals surface area contributed by atoms with Gasteiger partial charge in [-0.25, -0.2) is 4.39 Å². The molecule has 1 amide bonds. The molecule has 1 N–H and O–H groups in total. The maximum atomic E-state index is 15.6. The van der Waals surface area contributed by atoms with Crippen LogP contribution in [0.3, 0.4) is 0 Å². The summed E-state index contributed by atoms with van der Waals surface area (Å²) in [5, 5.41) is 9.35. The lowest BCUT2D eigenvalue weighted by Crippen LogP contribution is -2.51. The molecule has 3 aliphatic heterocycles. The van der Waals surface area contributed by atoms with Gasteiger partial charge in [0.1, 0.15) is 0 Å². The van der Waals surface area contributed by atoms with Gasteiger partial charge in [-0.3, -0.25) is 14.5 Å². The number of carboxylic acids is 1. The van der Waals surface area contributed by atoms with Crippen LogP contribution in [0.25, 0.3) is 0 Å². The molecule has 1 unspecified atom stereocenters. The molecule has 0 bridgehead atoms. The molecule has 3 fully saturated rings. The number of amides is 1. The predicted molar refractivity (Wildman–Crippen MR) is 128 cm³/mol. The summed E-state index contributed by atoms with van der Waals surface area (Å²) >= 11 is 0. The number of anilines is 1. The summed E-state index contributed by atoms with van der Waals surface area (Å²) in [5.41, 5.74) is -1.76. The number of aliphatic carboxylic acids is 1. The molecular formula is C26H35F4N3O3.